The predicted molar refractivity (Wildman–Crippen MR) is 58.8 cm³/mol. The lowest BCUT2D eigenvalue weighted by Crippen LogP contribution is -2.17. The first-order chi connectivity index (χ1) is 8.28. The molecule has 0 aliphatic rings. The Morgan fingerprint density at radius 1 is 1.50 bits per heavy atom. The van der Waals surface area contributed by atoms with Crippen molar-refractivity contribution < 1.29 is 27.8 Å². The molecule has 1 N–H and O–H groups in total. The molecule has 4 nitrogen and oxygen atoms in total. The number of hydrogen-bond donors (Lipinski definition) is 1. The van der Waals surface area contributed by atoms with E-state index in [0.29, 0.717) is 15.6 Å². The van der Waals surface area contributed by atoms with Gasteiger partial charge in [-0.05, 0) is 6.92 Å². The number of thiazole rings is 1. The van der Waals surface area contributed by atoms with Crippen LogP contribution in [-0.4, -0.2) is 35.4 Å². The Labute approximate surface area is 105 Å². The number of aromatic nitrogens is 1. The summed E-state index contributed by atoms with van der Waals surface area (Å²) in [5.74, 6) is -0.957. The monoisotopic (exact) mass is 283 g/mol. The van der Waals surface area contributed by atoms with Crippen LogP contribution in [0.5, 0.6) is 0 Å². The van der Waals surface area contributed by atoms with Gasteiger partial charge in [0.25, 0.3) is 0 Å². The number of aryl methyl sites for hydroxylation is 1. The molecule has 0 saturated heterocycles. The largest absolute Gasteiger partial charge is 0.481 e. The van der Waals surface area contributed by atoms with Gasteiger partial charge in [0.15, 0.2) is 0 Å². The molecule has 0 unspecified atom stereocenters. The van der Waals surface area contributed by atoms with Crippen LogP contribution in [0.4, 0.5) is 13.2 Å². The first-order valence-electron chi connectivity index (χ1n) is 5.09. The lowest BCUT2D eigenvalue weighted by molar-refractivity contribution is -0.173. The standard InChI is InChI=1S/C10H12F3NO3S/c1-6-7(4-9(15)16)18-8(14-6)2-3-17-5-10(11,12)13/h2-5H2,1H3,(H,15,16). The number of carbonyl (C=O) groups is 1. The fraction of sp³-hybridized carbons (Fsp3) is 0.600. The topological polar surface area (TPSA) is 59.4 Å². The Morgan fingerprint density at radius 2 is 2.17 bits per heavy atom. The summed E-state index contributed by atoms with van der Waals surface area (Å²) in [4.78, 5) is 15.2. The van der Waals surface area contributed by atoms with Crippen molar-refractivity contribution in [2.24, 2.45) is 0 Å². The summed E-state index contributed by atoms with van der Waals surface area (Å²) in [6.45, 7) is 0.313. The van der Waals surface area contributed by atoms with Crippen LogP contribution >= 0.6 is 11.3 Å². The summed E-state index contributed by atoms with van der Waals surface area (Å²) in [7, 11) is 0. The maximum Gasteiger partial charge on any atom is 0.411 e. The molecule has 1 aromatic heterocycles. The summed E-state index contributed by atoms with van der Waals surface area (Å²) >= 11 is 1.19. The fourth-order valence-corrected chi connectivity index (χ4v) is 2.29. The minimum absolute atomic E-state index is 0.0844. The van der Waals surface area contributed by atoms with Gasteiger partial charge in [-0.3, -0.25) is 4.79 Å². The van der Waals surface area contributed by atoms with E-state index in [-0.39, 0.29) is 19.4 Å². The van der Waals surface area contributed by atoms with Crippen LogP contribution in [0.25, 0.3) is 0 Å². The highest BCUT2D eigenvalue weighted by molar-refractivity contribution is 7.11. The fourth-order valence-electron chi connectivity index (χ4n) is 1.24. The Bertz CT molecular complexity index is 417. The highest BCUT2D eigenvalue weighted by atomic mass is 32.1. The van der Waals surface area contributed by atoms with Gasteiger partial charge in [0.2, 0.25) is 0 Å². The minimum atomic E-state index is -4.33. The molecular formula is C10H12F3NO3S. The summed E-state index contributed by atoms with van der Waals surface area (Å²) in [6.07, 6.45) is -4.19. The number of halogens is 3. The molecule has 102 valence electrons. The maximum atomic E-state index is 11.8. The Morgan fingerprint density at radius 3 is 2.72 bits per heavy atom. The molecule has 18 heavy (non-hydrogen) atoms. The van der Waals surface area contributed by atoms with E-state index in [1.807, 2.05) is 0 Å². The number of hydrogen-bond acceptors (Lipinski definition) is 4. The third-order valence-electron chi connectivity index (χ3n) is 1.97. The molecule has 1 heterocycles. The Kier molecular flexibility index (Phi) is 5.09. The van der Waals surface area contributed by atoms with E-state index in [1.54, 1.807) is 6.92 Å². The van der Waals surface area contributed by atoms with Gasteiger partial charge in [-0.25, -0.2) is 4.98 Å². The predicted octanol–water partition coefficient (Wildman–Crippen LogP) is 2.20. The second-order valence-electron chi connectivity index (χ2n) is 3.60. The molecule has 1 aromatic rings. The highest BCUT2D eigenvalue weighted by Crippen LogP contribution is 2.20. The molecule has 0 radical (unpaired) electrons. The van der Waals surface area contributed by atoms with Crippen molar-refractivity contribution in [2.45, 2.75) is 25.9 Å². The van der Waals surface area contributed by atoms with Gasteiger partial charge in [0, 0.05) is 11.3 Å². The van der Waals surface area contributed by atoms with Crippen LogP contribution in [0.1, 0.15) is 15.6 Å². The molecule has 0 fully saturated rings. The van der Waals surface area contributed by atoms with Crippen molar-refractivity contribution in [3.05, 3.63) is 15.6 Å². The van der Waals surface area contributed by atoms with E-state index in [2.05, 4.69) is 9.72 Å². The van der Waals surface area contributed by atoms with Crippen LogP contribution in [-0.2, 0) is 22.4 Å². The number of carboxylic acids is 1. The molecule has 0 aromatic carbocycles. The third-order valence-corrected chi connectivity index (χ3v) is 3.19. The summed E-state index contributed by atoms with van der Waals surface area (Å²) in [6, 6.07) is 0. The Balaban J connectivity index is 2.41. The maximum absolute atomic E-state index is 11.8. The van der Waals surface area contributed by atoms with Crippen molar-refractivity contribution in [3.63, 3.8) is 0 Å². The van der Waals surface area contributed by atoms with Crippen LogP contribution in [0.2, 0.25) is 0 Å². The zero-order chi connectivity index (χ0) is 13.8. The zero-order valence-corrected chi connectivity index (χ0v) is 10.4. The smallest absolute Gasteiger partial charge is 0.411 e. The van der Waals surface area contributed by atoms with Gasteiger partial charge < -0.3 is 9.84 Å². The lowest BCUT2D eigenvalue weighted by Gasteiger charge is -2.05. The van der Waals surface area contributed by atoms with Crippen molar-refractivity contribution in [3.8, 4) is 0 Å². The van der Waals surface area contributed by atoms with Gasteiger partial charge in [-0.2, -0.15) is 13.2 Å². The molecule has 0 saturated carbocycles. The lowest BCUT2D eigenvalue weighted by atomic mass is 10.3. The van der Waals surface area contributed by atoms with Crippen LogP contribution in [0, 0.1) is 6.92 Å². The van der Waals surface area contributed by atoms with E-state index < -0.39 is 18.8 Å². The number of ether oxygens (including phenoxy) is 1. The van der Waals surface area contributed by atoms with Crippen molar-refractivity contribution in [1.82, 2.24) is 4.98 Å². The second-order valence-corrected chi connectivity index (χ2v) is 4.77. The molecule has 0 amide bonds. The first kappa shape index (κ1) is 14.9. The first-order valence-corrected chi connectivity index (χ1v) is 5.91. The Hall–Kier alpha value is -1.15. The average Bonchev–Trinajstić information content (AvgIpc) is 2.52. The van der Waals surface area contributed by atoms with E-state index in [0.717, 1.165) is 0 Å². The van der Waals surface area contributed by atoms with Crippen LogP contribution < -0.4 is 0 Å². The van der Waals surface area contributed by atoms with Crippen LogP contribution in [0.3, 0.4) is 0 Å². The normalized spacial score (nSPS) is 11.8. The number of rotatable bonds is 6. The van der Waals surface area contributed by atoms with Gasteiger partial charge >= 0.3 is 12.1 Å². The molecule has 0 spiro atoms. The van der Waals surface area contributed by atoms with Crippen molar-refractivity contribution >= 4 is 17.3 Å². The second kappa shape index (κ2) is 6.14. The van der Waals surface area contributed by atoms with Gasteiger partial charge in [-0.15, -0.1) is 11.3 Å². The minimum Gasteiger partial charge on any atom is -0.481 e. The summed E-state index contributed by atoms with van der Waals surface area (Å²) in [5.41, 5.74) is 0.605. The number of nitrogens with zero attached hydrogens (tertiary/aromatic N) is 1. The molecule has 8 heteroatoms. The molecule has 1 rings (SSSR count). The van der Waals surface area contributed by atoms with E-state index in [9.17, 15) is 18.0 Å². The van der Waals surface area contributed by atoms with Crippen molar-refractivity contribution in [1.29, 1.82) is 0 Å². The third kappa shape index (κ3) is 5.46. The molecule has 0 aliphatic carbocycles. The van der Waals surface area contributed by atoms with E-state index in [1.165, 1.54) is 11.3 Å². The van der Waals surface area contributed by atoms with Gasteiger partial charge in [-0.1, -0.05) is 0 Å². The molecule has 0 bridgehead atoms. The number of alkyl halides is 3. The van der Waals surface area contributed by atoms with E-state index >= 15 is 0 Å². The zero-order valence-electron chi connectivity index (χ0n) is 9.58. The van der Waals surface area contributed by atoms with Crippen molar-refractivity contribution in [2.75, 3.05) is 13.2 Å². The van der Waals surface area contributed by atoms with Gasteiger partial charge in [0.1, 0.15) is 6.61 Å². The summed E-state index contributed by atoms with van der Waals surface area (Å²) < 4.78 is 39.8. The summed E-state index contributed by atoms with van der Waals surface area (Å²) in [5, 5.41) is 9.22. The quantitative estimate of drug-likeness (QED) is 0.813. The van der Waals surface area contributed by atoms with Crippen LogP contribution in [0.15, 0.2) is 0 Å². The number of aliphatic carboxylic acids is 1. The highest BCUT2D eigenvalue weighted by Gasteiger charge is 2.27. The average molecular weight is 283 g/mol. The van der Waals surface area contributed by atoms with E-state index in [4.69, 9.17) is 5.11 Å². The number of carboxylic acid groups (broad SMARTS) is 1. The molecular weight excluding hydrogens is 271 g/mol. The van der Waals surface area contributed by atoms with Gasteiger partial charge in [0.05, 0.1) is 23.7 Å². The molecule has 0 aliphatic heterocycles. The SMILES string of the molecule is Cc1nc(CCOCC(F)(F)F)sc1CC(=O)O. The molecule has 0 atom stereocenters.